The van der Waals surface area contributed by atoms with Crippen molar-refractivity contribution in [2.75, 3.05) is 7.11 Å². The van der Waals surface area contributed by atoms with Gasteiger partial charge in [-0.05, 0) is 44.0 Å². The number of hydrogen-bond donors (Lipinski definition) is 2. The monoisotopic (exact) mass is 379 g/mol. The normalized spacial score (nSPS) is 11.3. The highest BCUT2D eigenvalue weighted by molar-refractivity contribution is 6.01. The topological polar surface area (TPSA) is 75.7 Å². The summed E-state index contributed by atoms with van der Waals surface area (Å²) < 4.78 is 11.0. The lowest BCUT2D eigenvalue weighted by Crippen LogP contribution is -2.17. The van der Waals surface area contributed by atoms with Crippen molar-refractivity contribution in [3.8, 4) is 11.5 Å². The van der Waals surface area contributed by atoms with Crippen LogP contribution in [0.3, 0.4) is 0 Å². The number of hydrogen-bond acceptors (Lipinski definition) is 4. The van der Waals surface area contributed by atoms with Crippen molar-refractivity contribution in [2.45, 2.75) is 33.3 Å². The van der Waals surface area contributed by atoms with Gasteiger partial charge in [0.05, 0.1) is 19.4 Å². The van der Waals surface area contributed by atoms with Crippen molar-refractivity contribution in [3.63, 3.8) is 0 Å². The standard InChI is InChI=1S/C22H25N3O3/c1-5-15-7-6-8-18-17(12-23-21(15)18)13-24-25-22(26)16-9-10-19(28-14(2)3)20(11-16)27-4/h6-14,23H,5H2,1-4H3,(H,25,26)/b24-13+. The first-order valence-corrected chi connectivity index (χ1v) is 9.30. The number of para-hydroxylation sites is 1. The molecule has 0 aliphatic heterocycles. The lowest BCUT2D eigenvalue weighted by molar-refractivity contribution is 0.0954. The average Bonchev–Trinajstić information content (AvgIpc) is 3.11. The zero-order valence-corrected chi connectivity index (χ0v) is 16.6. The summed E-state index contributed by atoms with van der Waals surface area (Å²) in [5, 5.41) is 5.18. The van der Waals surface area contributed by atoms with E-state index < -0.39 is 0 Å². The summed E-state index contributed by atoms with van der Waals surface area (Å²) in [5.41, 5.74) is 6.27. The van der Waals surface area contributed by atoms with Gasteiger partial charge in [0, 0.05) is 28.2 Å². The molecular formula is C22H25N3O3. The van der Waals surface area contributed by atoms with Crippen LogP contribution in [0.2, 0.25) is 0 Å². The van der Waals surface area contributed by atoms with Gasteiger partial charge in [0.1, 0.15) is 0 Å². The van der Waals surface area contributed by atoms with E-state index in [1.165, 1.54) is 5.56 Å². The Kier molecular flexibility index (Phi) is 5.99. The number of aromatic amines is 1. The molecule has 3 aromatic rings. The molecule has 6 heteroatoms. The lowest BCUT2D eigenvalue weighted by atomic mass is 10.1. The Bertz CT molecular complexity index is 1010. The van der Waals surface area contributed by atoms with E-state index in [0.29, 0.717) is 17.1 Å². The van der Waals surface area contributed by atoms with E-state index in [9.17, 15) is 4.79 Å². The van der Waals surface area contributed by atoms with Crippen molar-refractivity contribution in [1.82, 2.24) is 10.4 Å². The minimum Gasteiger partial charge on any atom is -0.493 e. The third-order valence-electron chi connectivity index (χ3n) is 4.37. The molecule has 2 N–H and O–H groups in total. The van der Waals surface area contributed by atoms with Gasteiger partial charge in [0.2, 0.25) is 0 Å². The molecule has 1 amide bonds. The van der Waals surface area contributed by atoms with Gasteiger partial charge in [-0.15, -0.1) is 0 Å². The molecule has 0 spiro atoms. The van der Waals surface area contributed by atoms with E-state index in [1.807, 2.05) is 32.2 Å². The number of fused-ring (bicyclic) bond motifs is 1. The third-order valence-corrected chi connectivity index (χ3v) is 4.37. The van der Waals surface area contributed by atoms with Gasteiger partial charge >= 0.3 is 0 Å². The maximum absolute atomic E-state index is 12.4. The predicted molar refractivity (Wildman–Crippen MR) is 111 cm³/mol. The Morgan fingerprint density at radius 2 is 2.07 bits per heavy atom. The molecule has 0 saturated heterocycles. The van der Waals surface area contributed by atoms with Crippen molar-refractivity contribution >= 4 is 23.0 Å². The summed E-state index contributed by atoms with van der Waals surface area (Å²) in [6.07, 6.45) is 4.50. The van der Waals surface area contributed by atoms with Crippen LogP contribution in [0.1, 0.15) is 42.3 Å². The molecular weight excluding hydrogens is 354 g/mol. The van der Waals surface area contributed by atoms with E-state index in [2.05, 4.69) is 28.5 Å². The maximum atomic E-state index is 12.4. The second-order valence-electron chi connectivity index (χ2n) is 6.67. The number of hydrazone groups is 1. The van der Waals surface area contributed by atoms with Gasteiger partial charge in [-0.3, -0.25) is 4.79 Å². The largest absolute Gasteiger partial charge is 0.493 e. The van der Waals surface area contributed by atoms with E-state index >= 15 is 0 Å². The number of H-pyrrole nitrogens is 1. The molecule has 1 heterocycles. The van der Waals surface area contributed by atoms with Crippen LogP contribution in [0.25, 0.3) is 10.9 Å². The van der Waals surface area contributed by atoms with Gasteiger partial charge in [0.25, 0.3) is 5.91 Å². The number of nitrogens with one attached hydrogen (secondary N) is 2. The van der Waals surface area contributed by atoms with Crippen LogP contribution < -0.4 is 14.9 Å². The quantitative estimate of drug-likeness (QED) is 0.475. The predicted octanol–water partition coefficient (Wildman–Crippen LogP) is 4.29. The molecule has 0 radical (unpaired) electrons. The highest BCUT2D eigenvalue weighted by Crippen LogP contribution is 2.29. The fourth-order valence-electron chi connectivity index (χ4n) is 3.03. The molecule has 0 fully saturated rings. The number of benzene rings is 2. The fraction of sp³-hybridized carbons (Fsp3) is 0.273. The number of methoxy groups -OCH3 is 1. The highest BCUT2D eigenvalue weighted by atomic mass is 16.5. The molecule has 3 rings (SSSR count). The molecule has 0 saturated carbocycles. The molecule has 0 aliphatic carbocycles. The van der Waals surface area contributed by atoms with Gasteiger partial charge in [-0.25, -0.2) is 5.43 Å². The summed E-state index contributed by atoms with van der Waals surface area (Å²) in [4.78, 5) is 15.7. The Hall–Kier alpha value is -3.28. The summed E-state index contributed by atoms with van der Waals surface area (Å²) >= 11 is 0. The molecule has 0 aliphatic rings. The number of ether oxygens (including phenoxy) is 2. The summed E-state index contributed by atoms with van der Waals surface area (Å²) in [6, 6.07) is 11.2. The number of carbonyl (C=O) groups is 1. The van der Waals surface area contributed by atoms with Crippen molar-refractivity contribution in [2.24, 2.45) is 5.10 Å². The number of aryl methyl sites for hydroxylation is 1. The smallest absolute Gasteiger partial charge is 0.271 e. The van der Waals surface area contributed by atoms with Crippen molar-refractivity contribution in [1.29, 1.82) is 0 Å². The Balaban J connectivity index is 1.73. The molecule has 28 heavy (non-hydrogen) atoms. The van der Waals surface area contributed by atoms with E-state index in [1.54, 1.807) is 31.5 Å². The molecule has 6 nitrogen and oxygen atoms in total. The second kappa shape index (κ2) is 8.61. The van der Waals surface area contributed by atoms with Crippen molar-refractivity contribution in [3.05, 3.63) is 59.3 Å². The van der Waals surface area contributed by atoms with Gasteiger partial charge in [-0.2, -0.15) is 5.10 Å². The van der Waals surface area contributed by atoms with Gasteiger partial charge in [-0.1, -0.05) is 25.1 Å². The first-order valence-electron chi connectivity index (χ1n) is 9.30. The van der Waals surface area contributed by atoms with Crippen LogP contribution >= 0.6 is 0 Å². The molecule has 2 aromatic carbocycles. The van der Waals surface area contributed by atoms with Gasteiger partial charge in [0.15, 0.2) is 11.5 Å². The van der Waals surface area contributed by atoms with E-state index in [-0.39, 0.29) is 12.0 Å². The first kappa shape index (κ1) is 19.5. The van der Waals surface area contributed by atoms with Crippen LogP contribution in [0.15, 0.2) is 47.7 Å². The van der Waals surface area contributed by atoms with Crippen LogP contribution in [-0.2, 0) is 6.42 Å². The Labute approximate surface area is 164 Å². The number of nitrogens with zero attached hydrogens (tertiary/aromatic N) is 1. The summed E-state index contributed by atoms with van der Waals surface area (Å²) in [6.45, 7) is 5.99. The van der Waals surface area contributed by atoms with Crippen molar-refractivity contribution < 1.29 is 14.3 Å². The Morgan fingerprint density at radius 1 is 1.25 bits per heavy atom. The number of carbonyl (C=O) groups excluding carboxylic acids is 1. The number of aromatic nitrogens is 1. The zero-order chi connectivity index (χ0) is 20.1. The van der Waals surface area contributed by atoms with E-state index in [0.717, 1.165) is 22.9 Å². The highest BCUT2D eigenvalue weighted by Gasteiger charge is 2.12. The molecule has 1 aromatic heterocycles. The molecule has 0 bridgehead atoms. The number of amides is 1. The molecule has 146 valence electrons. The Morgan fingerprint density at radius 3 is 2.79 bits per heavy atom. The lowest BCUT2D eigenvalue weighted by Gasteiger charge is -2.14. The SMILES string of the molecule is CCc1cccc2c(/C=N/NC(=O)c3ccc(OC(C)C)c(OC)c3)c[nH]c12. The van der Waals surface area contributed by atoms with Gasteiger partial charge < -0.3 is 14.5 Å². The fourth-order valence-corrected chi connectivity index (χ4v) is 3.03. The van der Waals surface area contributed by atoms with Crippen LogP contribution in [-0.4, -0.2) is 30.3 Å². The first-order chi connectivity index (χ1) is 13.5. The summed E-state index contributed by atoms with van der Waals surface area (Å²) in [5.74, 6) is 0.789. The second-order valence-corrected chi connectivity index (χ2v) is 6.67. The van der Waals surface area contributed by atoms with Crippen LogP contribution in [0, 0.1) is 0 Å². The van der Waals surface area contributed by atoms with Crippen LogP contribution in [0.4, 0.5) is 0 Å². The number of rotatable bonds is 7. The van der Waals surface area contributed by atoms with E-state index in [4.69, 9.17) is 9.47 Å². The third kappa shape index (κ3) is 4.17. The minimum absolute atomic E-state index is 0.0163. The summed E-state index contributed by atoms with van der Waals surface area (Å²) in [7, 11) is 1.55. The average molecular weight is 379 g/mol. The molecule has 0 atom stereocenters. The maximum Gasteiger partial charge on any atom is 0.271 e. The molecule has 0 unspecified atom stereocenters. The van der Waals surface area contributed by atoms with Crippen LogP contribution in [0.5, 0.6) is 11.5 Å². The minimum atomic E-state index is -0.320. The zero-order valence-electron chi connectivity index (χ0n) is 16.6.